The van der Waals surface area contributed by atoms with E-state index in [1.165, 1.54) is 12.8 Å². The van der Waals surface area contributed by atoms with Crippen LogP contribution in [0.5, 0.6) is 0 Å². The van der Waals surface area contributed by atoms with Crippen LogP contribution in [0.4, 0.5) is 4.79 Å². The van der Waals surface area contributed by atoms with Crippen molar-refractivity contribution >= 4 is 11.9 Å². The van der Waals surface area contributed by atoms with Gasteiger partial charge in [0.15, 0.2) is 0 Å². The van der Waals surface area contributed by atoms with Gasteiger partial charge in [0.1, 0.15) is 0 Å². The minimum absolute atomic E-state index is 0.0111. The Morgan fingerprint density at radius 2 is 1.75 bits per heavy atom. The highest BCUT2D eigenvalue weighted by Gasteiger charge is 2.21. The lowest BCUT2D eigenvalue weighted by Gasteiger charge is -2.31. The lowest BCUT2D eigenvalue weighted by Crippen LogP contribution is -2.46. The topological polar surface area (TPSA) is 52.7 Å². The van der Waals surface area contributed by atoms with Gasteiger partial charge >= 0.3 is 6.03 Å². The fraction of sp³-hybridized carbons (Fsp3) is 0.867. The Morgan fingerprint density at radius 3 is 2.45 bits per heavy atom. The number of rotatable bonds is 3. The van der Waals surface area contributed by atoms with E-state index in [-0.39, 0.29) is 11.9 Å². The highest BCUT2D eigenvalue weighted by atomic mass is 16.2. The third-order valence-corrected chi connectivity index (χ3v) is 4.27. The third kappa shape index (κ3) is 4.39. The third-order valence-electron chi connectivity index (χ3n) is 4.27. The van der Waals surface area contributed by atoms with Crippen LogP contribution in [-0.4, -0.2) is 54.5 Å². The molecule has 0 saturated carbocycles. The molecule has 2 saturated heterocycles. The maximum atomic E-state index is 12.0. The van der Waals surface area contributed by atoms with Crippen LogP contribution in [0.3, 0.4) is 0 Å². The lowest BCUT2D eigenvalue weighted by molar-refractivity contribution is -0.131. The zero-order chi connectivity index (χ0) is 14.4. The number of piperidine rings is 2. The van der Waals surface area contributed by atoms with E-state index in [1.54, 1.807) is 0 Å². The van der Waals surface area contributed by atoms with Gasteiger partial charge in [-0.1, -0.05) is 6.92 Å². The SMILES string of the molecule is CC1CCCN(C(=O)NCCC(=O)N2CCCCC2)C1. The second kappa shape index (κ2) is 7.50. The van der Waals surface area contributed by atoms with Crippen molar-refractivity contribution in [3.63, 3.8) is 0 Å². The van der Waals surface area contributed by atoms with Gasteiger partial charge < -0.3 is 15.1 Å². The Hall–Kier alpha value is -1.26. The van der Waals surface area contributed by atoms with Crippen LogP contribution in [0, 0.1) is 5.92 Å². The summed E-state index contributed by atoms with van der Waals surface area (Å²) >= 11 is 0. The molecule has 0 aromatic rings. The van der Waals surface area contributed by atoms with Crippen molar-refractivity contribution in [3.8, 4) is 0 Å². The normalized spacial score (nSPS) is 23.6. The van der Waals surface area contributed by atoms with E-state index in [0.717, 1.165) is 45.4 Å². The molecule has 0 aromatic heterocycles. The van der Waals surface area contributed by atoms with Crippen LogP contribution in [0.2, 0.25) is 0 Å². The molecule has 1 N–H and O–H groups in total. The molecule has 0 radical (unpaired) electrons. The van der Waals surface area contributed by atoms with E-state index < -0.39 is 0 Å². The van der Waals surface area contributed by atoms with Gasteiger partial charge in [-0.15, -0.1) is 0 Å². The fourth-order valence-electron chi connectivity index (χ4n) is 3.06. The number of carbonyl (C=O) groups excluding carboxylic acids is 2. The average Bonchev–Trinajstić information content (AvgIpc) is 2.48. The van der Waals surface area contributed by atoms with Crippen molar-refractivity contribution in [2.24, 2.45) is 5.92 Å². The van der Waals surface area contributed by atoms with E-state index in [9.17, 15) is 9.59 Å². The molecule has 0 spiro atoms. The number of urea groups is 1. The van der Waals surface area contributed by atoms with Gasteiger partial charge in [-0.05, 0) is 38.0 Å². The molecule has 2 aliphatic rings. The standard InChI is InChI=1S/C15H27N3O2/c1-13-6-5-11-18(12-13)15(20)16-8-7-14(19)17-9-3-2-4-10-17/h13H,2-12H2,1H3,(H,16,20). The van der Waals surface area contributed by atoms with E-state index in [0.29, 0.717) is 18.9 Å². The van der Waals surface area contributed by atoms with Crippen LogP contribution < -0.4 is 5.32 Å². The Balaban J connectivity index is 1.64. The summed E-state index contributed by atoms with van der Waals surface area (Å²) in [5.41, 5.74) is 0. The molecule has 0 bridgehead atoms. The zero-order valence-corrected chi connectivity index (χ0v) is 12.6. The maximum absolute atomic E-state index is 12.0. The monoisotopic (exact) mass is 281 g/mol. The molecule has 3 amide bonds. The number of amides is 3. The number of carbonyl (C=O) groups is 2. The van der Waals surface area contributed by atoms with E-state index in [1.807, 2.05) is 9.80 Å². The summed E-state index contributed by atoms with van der Waals surface area (Å²) in [4.78, 5) is 27.8. The largest absolute Gasteiger partial charge is 0.343 e. The predicted octanol–water partition coefficient (Wildman–Crippen LogP) is 1.83. The molecule has 1 unspecified atom stereocenters. The first-order valence-electron chi connectivity index (χ1n) is 7.97. The Kier molecular flexibility index (Phi) is 5.68. The molecule has 1 atom stereocenters. The van der Waals surface area contributed by atoms with E-state index in [4.69, 9.17) is 0 Å². The molecule has 2 rings (SSSR count). The minimum atomic E-state index is -0.0111. The van der Waals surface area contributed by atoms with Crippen molar-refractivity contribution in [1.29, 1.82) is 0 Å². The smallest absolute Gasteiger partial charge is 0.317 e. The highest BCUT2D eigenvalue weighted by molar-refractivity contribution is 5.78. The molecule has 2 fully saturated rings. The molecule has 5 nitrogen and oxygen atoms in total. The fourth-order valence-corrected chi connectivity index (χ4v) is 3.06. The quantitative estimate of drug-likeness (QED) is 0.858. The maximum Gasteiger partial charge on any atom is 0.317 e. The van der Waals surface area contributed by atoms with Gasteiger partial charge in [0, 0.05) is 39.1 Å². The van der Waals surface area contributed by atoms with Gasteiger partial charge in [-0.25, -0.2) is 4.79 Å². The summed E-state index contributed by atoms with van der Waals surface area (Å²) in [6.07, 6.45) is 6.18. The minimum Gasteiger partial charge on any atom is -0.343 e. The van der Waals surface area contributed by atoms with Gasteiger partial charge in [-0.2, -0.15) is 0 Å². The van der Waals surface area contributed by atoms with Crippen LogP contribution in [0.25, 0.3) is 0 Å². The number of nitrogens with one attached hydrogen (secondary N) is 1. The van der Waals surface area contributed by atoms with E-state index in [2.05, 4.69) is 12.2 Å². The van der Waals surface area contributed by atoms with Gasteiger partial charge in [0.2, 0.25) is 5.91 Å². The van der Waals surface area contributed by atoms with E-state index >= 15 is 0 Å². The number of nitrogens with zero attached hydrogens (tertiary/aromatic N) is 2. The number of hydrogen-bond donors (Lipinski definition) is 1. The summed E-state index contributed by atoms with van der Waals surface area (Å²) in [6, 6.07) is -0.0111. The average molecular weight is 281 g/mol. The first-order valence-corrected chi connectivity index (χ1v) is 7.97. The molecule has 114 valence electrons. The molecule has 2 heterocycles. The zero-order valence-electron chi connectivity index (χ0n) is 12.6. The molecular weight excluding hydrogens is 254 g/mol. The second-order valence-electron chi connectivity index (χ2n) is 6.12. The summed E-state index contributed by atoms with van der Waals surface area (Å²) in [7, 11) is 0. The van der Waals surface area contributed by atoms with Crippen molar-refractivity contribution in [2.75, 3.05) is 32.7 Å². The van der Waals surface area contributed by atoms with Crippen LogP contribution >= 0.6 is 0 Å². The van der Waals surface area contributed by atoms with Crippen molar-refractivity contribution in [3.05, 3.63) is 0 Å². The van der Waals surface area contributed by atoms with Gasteiger partial charge in [0.25, 0.3) is 0 Å². The number of hydrogen-bond acceptors (Lipinski definition) is 2. The molecule has 5 heteroatoms. The summed E-state index contributed by atoms with van der Waals surface area (Å²) in [5, 5.41) is 2.88. The molecular formula is C15H27N3O2. The molecule has 2 aliphatic heterocycles. The lowest BCUT2D eigenvalue weighted by atomic mass is 10.0. The Morgan fingerprint density at radius 1 is 1.05 bits per heavy atom. The van der Waals surface area contributed by atoms with Crippen molar-refractivity contribution in [1.82, 2.24) is 15.1 Å². The van der Waals surface area contributed by atoms with Crippen LogP contribution in [0.1, 0.15) is 45.4 Å². The summed E-state index contributed by atoms with van der Waals surface area (Å²) in [5.74, 6) is 0.765. The predicted molar refractivity (Wildman–Crippen MR) is 78.4 cm³/mol. The molecule has 0 aromatic carbocycles. The first kappa shape index (κ1) is 15.1. The van der Waals surface area contributed by atoms with Crippen molar-refractivity contribution in [2.45, 2.75) is 45.4 Å². The molecule has 20 heavy (non-hydrogen) atoms. The van der Waals surface area contributed by atoms with Gasteiger partial charge in [-0.3, -0.25) is 4.79 Å². The first-order chi connectivity index (χ1) is 9.66. The summed E-state index contributed by atoms with van der Waals surface area (Å²) < 4.78 is 0. The van der Waals surface area contributed by atoms with Crippen LogP contribution in [0.15, 0.2) is 0 Å². The Bertz CT molecular complexity index is 340. The summed E-state index contributed by atoms with van der Waals surface area (Å²) in [6.45, 7) is 6.09. The van der Waals surface area contributed by atoms with Crippen LogP contribution in [-0.2, 0) is 4.79 Å². The van der Waals surface area contributed by atoms with Crippen molar-refractivity contribution < 1.29 is 9.59 Å². The molecule has 0 aliphatic carbocycles. The number of likely N-dealkylation sites (tertiary alicyclic amines) is 2. The Labute approximate surface area is 121 Å². The van der Waals surface area contributed by atoms with Gasteiger partial charge in [0.05, 0.1) is 0 Å². The highest BCUT2D eigenvalue weighted by Crippen LogP contribution is 2.15. The second-order valence-corrected chi connectivity index (χ2v) is 6.12.